The van der Waals surface area contributed by atoms with Crippen molar-refractivity contribution < 1.29 is 24.0 Å². The molecule has 7 heteroatoms. The van der Waals surface area contributed by atoms with Gasteiger partial charge in [-0.2, -0.15) is 0 Å². The van der Waals surface area contributed by atoms with Gasteiger partial charge < -0.3 is 14.9 Å². The van der Waals surface area contributed by atoms with Crippen molar-refractivity contribution in [3.63, 3.8) is 0 Å². The summed E-state index contributed by atoms with van der Waals surface area (Å²) in [6.45, 7) is 6.44. The number of carbonyl (C=O) groups is 3. The van der Waals surface area contributed by atoms with Crippen molar-refractivity contribution in [1.82, 2.24) is 10.5 Å². The third-order valence-corrected chi connectivity index (χ3v) is 8.23. The average molecular weight is 579 g/mol. The molecule has 0 atom stereocenters. The third-order valence-electron chi connectivity index (χ3n) is 8.23. The summed E-state index contributed by atoms with van der Waals surface area (Å²) in [5.41, 5.74) is 5.97. The summed E-state index contributed by atoms with van der Waals surface area (Å²) in [4.78, 5) is 37.1. The number of rotatable bonds is 9. The minimum atomic E-state index is -0.975. The van der Waals surface area contributed by atoms with E-state index in [2.05, 4.69) is 43.4 Å². The maximum atomic E-state index is 13.8. The molecule has 1 saturated carbocycles. The van der Waals surface area contributed by atoms with Crippen LogP contribution in [0.3, 0.4) is 0 Å². The lowest BCUT2D eigenvalue weighted by atomic mass is 9.83. The fourth-order valence-electron chi connectivity index (χ4n) is 5.69. The van der Waals surface area contributed by atoms with E-state index in [4.69, 9.17) is 9.63 Å². The van der Waals surface area contributed by atoms with Crippen LogP contribution in [0.2, 0.25) is 0 Å². The molecule has 43 heavy (non-hydrogen) atoms. The Kier molecular flexibility index (Phi) is 8.90. The summed E-state index contributed by atoms with van der Waals surface area (Å²) < 4.78 is 5.78. The number of nitrogens with one attached hydrogen (secondary N) is 1. The van der Waals surface area contributed by atoms with Crippen molar-refractivity contribution in [2.24, 2.45) is 0 Å². The van der Waals surface area contributed by atoms with Crippen molar-refractivity contribution in [2.75, 3.05) is 6.54 Å². The predicted octanol–water partition coefficient (Wildman–Crippen LogP) is 7.79. The number of hydrogen-bond donors (Lipinski definition) is 2. The van der Waals surface area contributed by atoms with Gasteiger partial charge in [-0.15, -0.1) is 0 Å². The molecule has 222 valence electrons. The maximum Gasteiger partial charge on any atom is 0.305 e. The van der Waals surface area contributed by atoms with Crippen LogP contribution in [-0.4, -0.2) is 34.5 Å². The quantitative estimate of drug-likeness (QED) is 0.196. The number of amides is 1. The molecule has 5 rings (SSSR count). The van der Waals surface area contributed by atoms with Gasteiger partial charge in [-0.1, -0.05) is 106 Å². The Labute approximate surface area is 252 Å². The highest BCUT2D eigenvalue weighted by atomic mass is 16.5. The molecular formula is C36H38N2O5. The van der Waals surface area contributed by atoms with Gasteiger partial charge in [0.1, 0.15) is 5.69 Å². The Bertz CT molecular complexity index is 1590. The maximum absolute atomic E-state index is 13.8. The predicted molar refractivity (Wildman–Crippen MR) is 166 cm³/mol. The number of hydrogen-bond acceptors (Lipinski definition) is 5. The SMILES string of the molecule is CC(C)(C)c1ccc(C(=O)c2onc(-c3ccc(C(=O)NCCC(=O)O)cc3)c2-c2ccc(C3CCCCC3)cc2)cc1. The van der Waals surface area contributed by atoms with E-state index in [9.17, 15) is 14.4 Å². The van der Waals surface area contributed by atoms with Crippen molar-refractivity contribution in [3.8, 4) is 22.4 Å². The molecule has 1 aliphatic rings. The number of aliphatic carboxylic acids is 1. The van der Waals surface area contributed by atoms with E-state index in [1.54, 1.807) is 24.3 Å². The zero-order valence-corrected chi connectivity index (χ0v) is 25.0. The van der Waals surface area contributed by atoms with E-state index >= 15 is 0 Å². The number of benzene rings is 3. The van der Waals surface area contributed by atoms with E-state index in [1.165, 1.54) is 37.7 Å². The second-order valence-corrected chi connectivity index (χ2v) is 12.3. The first kappa shape index (κ1) is 30.0. The van der Waals surface area contributed by atoms with Gasteiger partial charge >= 0.3 is 5.97 Å². The molecule has 4 aromatic rings. The van der Waals surface area contributed by atoms with Crippen LogP contribution in [0.25, 0.3) is 22.4 Å². The highest BCUT2D eigenvalue weighted by molar-refractivity contribution is 6.12. The Morgan fingerprint density at radius 2 is 1.44 bits per heavy atom. The summed E-state index contributed by atoms with van der Waals surface area (Å²) in [5, 5.41) is 15.8. The van der Waals surface area contributed by atoms with E-state index in [0.29, 0.717) is 33.9 Å². The molecule has 0 unspecified atom stereocenters. The lowest BCUT2D eigenvalue weighted by molar-refractivity contribution is -0.136. The number of carboxylic acid groups (broad SMARTS) is 1. The second kappa shape index (κ2) is 12.8. The Morgan fingerprint density at radius 3 is 2.05 bits per heavy atom. The zero-order chi connectivity index (χ0) is 30.6. The van der Waals surface area contributed by atoms with Crippen molar-refractivity contribution >= 4 is 17.7 Å². The van der Waals surface area contributed by atoms with E-state index in [1.807, 2.05) is 36.4 Å². The molecule has 1 aromatic heterocycles. The first-order valence-corrected chi connectivity index (χ1v) is 15.0. The third kappa shape index (κ3) is 6.94. The van der Waals surface area contributed by atoms with Crippen LogP contribution in [0.15, 0.2) is 77.3 Å². The van der Waals surface area contributed by atoms with E-state index in [-0.39, 0.29) is 35.8 Å². The van der Waals surface area contributed by atoms with Gasteiger partial charge in [-0.25, -0.2) is 0 Å². The van der Waals surface area contributed by atoms with Gasteiger partial charge in [-0.3, -0.25) is 14.4 Å². The topological polar surface area (TPSA) is 110 Å². The van der Waals surface area contributed by atoms with Gasteiger partial charge in [-0.05, 0) is 53.0 Å². The van der Waals surface area contributed by atoms with Crippen LogP contribution >= 0.6 is 0 Å². The zero-order valence-electron chi connectivity index (χ0n) is 25.0. The van der Waals surface area contributed by atoms with E-state index in [0.717, 1.165) is 11.1 Å². The molecule has 1 heterocycles. The fourth-order valence-corrected chi connectivity index (χ4v) is 5.69. The largest absolute Gasteiger partial charge is 0.481 e. The summed E-state index contributed by atoms with van der Waals surface area (Å²) in [6, 6.07) is 22.8. The molecule has 0 radical (unpaired) electrons. The number of nitrogens with zero attached hydrogens (tertiary/aromatic N) is 1. The molecular weight excluding hydrogens is 540 g/mol. The van der Waals surface area contributed by atoms with Crippen molar-refractivity contribution in [3.05, 3.63) is 101 Å². The molecule has 3 aromatic carbocycles. The lowest BCUT2D eigenvalue weighted by Gasteiger charge is -2.22. The van der Waals surface area contributed by atoms with Crippen molar-refractivity contribution in [2.45, 2.75) is 70.6 Å². The van der Waals surface area contributed by atoms with Gasteiger partial charge in [0.15, 0.2) is 0 Å². The van der Waals surface area contributed by atoms with Crippen LogP contribution in [0.1, 0.15) is 103 Å². The fraction of sp³-hybridized carbons (Fsp3) is 0.333. The normalized spacial score (nSPS) is 13.9. The average Bonchev–Trinajstić information content (AvgIpc) is 3.46. The van der Waals surface area contributed by atoms with Crippen LogP contribution in [0.5, 0.6) is 0 Å². The summed E-state index contributed by atoms with van der Waals surface area (Å²) >= 11 is 0. The van der Waals surface area contributed by atoms with Crippen LogP contribution < -0.4 is 5.32 Å². The molecule has 0 saturated heterocycles. The molecule has 0 aliphatic heterocycles. The Balaban J connectivity index is 1.49. The molecule has 1 aliphatic carbocycles. The lowest BCUT2D eigenvalue weighted by Crippen LogP contribution is -2.25. The van der Waals surface area contributed by atoms with Gasteiger partial charge in [0.05, 0.1) is 12.0 Å². The van der Waals surface area contributed by atoms with Crippen LogP contribution in [0.4, 0.5) is 0 Å². The van der Waals surface area contributed by atoms with Gasteiger partial charge in [0.25, 0.3) is 5.91 Å². The molecule has 1 fully saturated rings. The van der Waals surface area contributed by atoms with Gasteiger partial charge in [0.2, 0.25) is 11.5 Å². The van der Waals surface area contributed by atoms with Gasteiger partial charge in [0, 0.05) is 23.2 Å². The summed E-state index contributed by atoms with van der Waals surface area (Å²) in [6.07, 6.45) is 6.04. The minimum absolute atomic E-state index is 0.0362. The van der Waals surface area contributed by atoms with Crippen LogP contribution in [0, 0.1) is 0 Å². The second-order valence-electron chi connectivity index (χ2n) is 12.3. The molecule has 1 amide bonds. The highest BCUT2D eigenvalue weighted by Crippen LogP contribution is 2.38. The number of carboxylic acids is 1. The highest BCUT2D eigenvalue weighted by Gasteiger charge is 2.27. The summed E-state index contributed by atoms with van der Waals surface area (Å²) in [7, 11) is 0. The first-order chi connectivity index (χ1) is 20.6. The minimum Gasteiger partial charge on any atom is -0.481 e. The smallest absolute Gasteiger partial charge is 0.305 e. The Hall–Kier alpha value is -4.52. The number of carbonyl (C=O) groups excluding carboxylic acids is 2. The molecule has 7 nitrogen and oxygen atoms in total. The first-order valence-electron chi connectivity index (χ1n) is 15.0. The molecule has 2 N–H and O–H groups in total. The Morgan fingerprint density at radius 1 is 0.837 bits per heavy atom. The number of aromatic nitrogens is 1. The van der Waals surface area contributed by atoms with E-state index < -0.39 is 5.97 Å². The monoisotopic (exact) mass is 578 g/mol. The number of ketones is 1. The summed E-state index contributed by atoms with van der Waals surface area (Å²) in [5.74, 6) is -0.863. The van der Waals surface area contributed by atoms with Crippen LogP contribution in [-0.2, 0) is 10.2 Å². The standard InChI is InChI=1S/C36H38N2O5/c1-36(2,3)29-19-17-27(18-20-29)33(41)34-31(25-11-9-24(10-12-25)23-7-5-4-6-8-23)32(38-43-34)26-13-15-28(16-14-26)35(42)37-22-21-30(39)40/h9-20,23H,4-8,21-22H2,1-3H3,(H,37,42)(H,39,40). The van der Waals surface area contributed by atoms with Crippen molar-refractivity contribution in [1.29, 1.82) is 0 Å². The molecule has 0 bridgehead atoms. The molecule has 0 spiro atoms.